The monoisotopic (exact) mass is 289 g/mol. The van der Waals surface area contributed by atoms with E-state index in [1.807, 2.05) is 18.7 Å². The van der Waals surface area contributed by atoms with E-state index in [-0.39, 0.29) is 0 Å². The third-order valence-corrected chi connectivity index (χ3v) is 4.13. The fraction of sp³-hybridized carbons (Fsp3) is 0.438. The average molecular weight is 289 g/mol. The lowest BCUT2D eigenvalue weighted by Gasteiger charge is -2.06. The van der Waals surface area contributed by atoms with Crippen molar-refractivity contribution < 1.29 is 0 Å². The molecule has 1 aromatic carbocycles. The molecule has 0 fully saturated rings. The molecule has 0 saturated carbocycles. The van der Waals surface area contributed by atoms with E-state index in [1.165, 1.54) is 10.6 Å². The van der Waals surface area contributed by atoms with Crippen molar-refractivity contribution in [3.8, 4) is 0 Å². The first-order valence-corrected chi connectivity index (χ1v) is 8.14. The van der Waals surface area contributed by atoms with Crippen molar-refractivity contribution in [2.75, 3.05) is 18.8 Å². The molecule has 0 atom stereocenters. The molecule has 2 aromatic rings. The van der Waals surface area contributed by atoms with Gasteiger partial charge >= 0.3 is 0 Å². The zero-order chi connectivity index (χ0) is 14.2. The lowest BCUT2D eigenvalue weighted by Crippen LogP contribution is -2.20. The molecular weight excluding hydrogens is 266 g/mol. The Balaban J connectivity index is 1.53. The van der Waals surface area contributed by atoms with Gasteiger partial charge in [-0.1, -0.05) is 18.2 Å². The molecule has 0 aliphatic heterocycles. The summed E-state index contributed by atoms with van der Waals surface area (Å²) < 4.78 is 2.09. The molecule has 2 rings (SSSR count). The van der Waals surface area contributed by atoms with Crippen LogP contribution in [0.5, 0.6) is 0 Å². The smallest absolute Gasteiger partial charge is 0.0596 e. The van der Waals surface area contributed by atoms with Crippen LogP contribution in [0, 0.1) is 13.8 Å². The first kappa shape index (κ1) is 15.1. The van der Waals surface area contributed by atoms with Crippen LogP contribution >= 0.6 is 11.8 Å². The fourth-order valence-corrected chi connectivity index (χ4v) is 2.97. The number of nitrogens with zero attached hydrogens (tertiary/aromatic N) is 2. The first-order chi connectivity index (χ1) is 9.75. The van der Waals surface area contributed by atoms with Gasteiger partial charge in [0.1, 0.15) is 0 Å². The molecule has 0 aliphatic rings. The SMILES string of the molecule is Cc1cc(C)n(CCCNCCSc2ccccc2)n1. The summed E-state index contributed by atoms with van der Waals surface area (Å²) in [4.78, 5) is 1.34. The highest BCUT2D eigenvalue weighted by atomic mass is 32.2. The number of benzene rings is 1. The Morgan fingerprint density at radius 3 is 2.65 bits per heavy atom. The van der Waals surface area contributed by atoms with Gasteiger partial charge in [0.05, 0.1) is 5.69 Å². The van der Waals surface area contributed by atoms with Gasteiger partial charge in [0.25, 0.3) is 0 Å². The van der Waals surface area contributed by atoms with E-state index in [9.17, 15) is 0 Å². The summed E-state index contributed by atoms with van der Waals surface area (Å²) >= 11 is 1.90. The van der Waals surface area contributed by atoms with Crippen molar-refractivity contribution in [1.82, 2.24) is 15.1 Å². The third-order valence-electron chi connectivity index (χ3n) is 3.12. The first-order valence-electron chi connectivity index (χ1n) is 7.15. The van der Waals surface area contributed by atoms with Crippen molar-refractivity contribution in [2.24, 2.45) is 0 Å². The second-order valence-electron chi connectivity index (χ2n) is 4.92. The molecule has 1 heterocycles. The third kappa shape index (κ3) is 5.02. The van der Waals surface area contributed by atoms with Gasteiger partial charge in [-0.25, -0.2) is 0 Å². The summed E-state index contributed by atoms with van der Waals surface area (Å²) in [6.07, 6.45) is 1.12. The highest BCUT2D eigenvalue weighted by Crippen LogP contribution is 2.15. The summed E-state index contributed by atoms with van der Waals surface area (Å²) in [5, 5.41) is 7.96. The number of thioether (sulfide) groups is 1. The van der Waals surface area contributed by atoms with Gasteiger partial charge < -0.3 is 5.32 Å². The Labute approximate surface area is 125 Å². The highest BCUT2D eigenvalue weighted by Gasteiger charge is 1.99. The lowest BCUT2D eigenvalue weighted by atomic mass is 10.4. The lowest BCUT2D eigenvalue weighted by molar-refractivity contribution is 0.539. The quantitative estimate of drug-likeness (QED) is 0.597. The van der Waals surface area contributed by atoms with Gasteiger partial charge in [-0.15, -0.1) is 11.8 Å². The maximum atomic E-state index is 4.47. The molecule has 108 valence electrons. The molecule has 0 unspecified atom stereocenters. The number of aryl methyl sites for hydroxylation is 3. The number of aromatic nitrogens is 2. The van der Waals surface area contributed by atoms with Crippen LogP contribution in [0.1, 0.15) is 17.8 Å². The molecule has 0 bridgehead atoms. The van der Waals surface area contributed by atoms with Gasteiger partial charge in [-0.05, 0) is 45.0 Å². The minimum Gasteiger partial charge on any atom is -0.316 e. The summed E-state index contributed by atoms with van der Waals surface area (Å²) in [6.45, 7) is 7.26. The molecule has 1 aromatic heterocycles. The van der Waals surface area contributed by atoms with Crippen molar-refractivity contribution in [2.45, 2.75) is 31.7 Å². The van der Waals surface area contributed by atoms with E-state index in [0.29, 0.717) is 0 Å². The Morgan fingerprint density at radius 1 is 1.15 bits per heavy atom. The number of hydrogen-bond acceptors (Lipinski definition) is 3. The van der Waals surface area contributed by atoms with Gasteiger partial charge in [-0.2, -0.15) is 5.10 Å². The zero-order valence-corrected chi connectivity index (χ0v) is 13.1. The number of rotatable bonds is 8. The second-order valence-corrected chi connectivity index (χ2v) is 6.08. The molecule has 1 N–H and O–H groups in total. The maximum absolute atomic E-state index is 4.47. The molecular formula is C16H23N3S. The maximum Gasteiger partial charge on any atom is 0.0596 e. The van der Waals surface area contributed by atoms with E-state index in [4.69, 9.17) is 0 Å². The van der Waals surface area contributed by atoms with Crippen molar-refractivity contribution in [3.05, 3.63) is 47.8 Å². The predicted molar refractivity (Wildman–Crippen MR) is 86.4 cm³/mol. The van der Waals surface area contributed by atoms with Gasteiger partial charge in [0, 0.05) is 29.4 Å². The summed E-state index contributed by atoms with van der Waals surface area (Å²) in [5.74, 6) is 1.11. The molecule has 0 spiro atoms. The average Bonchev–Trinajstić information content (AvgIpc) is 2.77. The molecule has 0 saturated heterocycles. The summed E-state index contributed by atoms with van der Waals surface area (Å²) in [7, 11) is 0. The predicted octanol–water partition coefficient (Wildman–Crippen LogP) is 3.27. The Bertz CT molecular complexity index is 508. The number of nitrogens with one attached hydrogen (secondary N) is 1. The van der Waals surface area contributed by atoms with Crippen LogP contribution in [0.25, 0.3) is 0 Å². The van der Waals surface area contributed by atoms with Crippen LogP contribution in [-0.4, -0.2) is 28.6 Å². The molecule has 20 heavy (non-hydrogen) atoms. The summed E-state index contributed by atoms with van der Waals surface area (Å²) in [5.41, 5.74) is 2.36. The van der Waals surface area contributed by atoms with Gasteiger partial charge in [0.2, 0.25) is 0 Å². The van der Waals surface area contributed by atoms with E-state index in [1.54, 1.807) is 0 Å². The van der Waals surface area contributed by atoms with Crippen LogP contribution < -0.4 is 5.32 Å². The molecule has 0 amide bonds. The Hall–Kier alpha value is -1.26. The normalized spacial score (nSPS) is 10.9. The van der Waals surface area contributed by atoms with Crippen LogP contribution in [0.2, 0.25) is 0 Å². The zero-order valence-electron chi connectivity index (χ0n) is 12.3. The fourth-order valence-electron chi connectivity index (χ4n) is 2.14. The Morgan fingerprint density at radius 2 is 1.95 bits per heavy atom. The topological polar surface area (TPSA) is 29.9 Å². The van der Waals surface area contributed by atoms with Crippen LogP contribution in [0.15, 0.2) is 41.3 Å². The van der Waals surface area contributed by atoms with Crippen molar-refractivity contribution in [1.29, 1.82) is 0 Å². The minimum atomic E-state index is 0.999. The van der Waals surface area contributed by atoms with Crippen LogP contribution in [-0.2, 0) is 6.54 Å². The standard InChI is InChI=1S/C16H23N3S/c1-14-13-15(2)19(18-14)11-6-9-17-10-12-20-16-7-4-3-5-8-16/h3-5,7-8,13,17H,6,9-12H2,1-2H3. The van der Waals surface area contributed by atoms with E-state index < -0.39 is 0 Å². The highest BCUT2D eigenvalue weighted by molar-refractivity contribution is 7.99. The van der Waals surface area contributed by atoms with Gasteiger partial charge in [0.15, 0.2) is 0 Å². The number of hydrogen-bond donors (Lipinski definition) is 1. The molecule has 0 aliphatic carbocycles. The van der Waals surface area contributed by atoms with Crippen molar-refractivity contribution >= 4 is 11.8 Å². The molecule has 3 nitrogen and oxygen atoms in total. The van der Waals surface area contributed by atoms with Gasteiger partial charge in [-0.3, -0.25) is 4.68 Å². The Kier molecular flexibility index (Phi) is 6.15. The van der Waals surface area contributed by atoms with Crippen LogP contribution in [0.3, 0.4) is 0 Å². The minimum absolute atomic E-state index is 0.999. The van der Waals surface area contributed by atoms with Crippen molar-refractivity contribution in [3.63, 3.8) is 0 Å². The largest absolute Gasteiger partial charge is 0.316 e. The van der Waals surface area contributed by atoms with Crippen LogP contribution in [0.4, 0.5) is 0 Å². The second kappa shape index (κ2) is 8.12. The summed E-state index contributed by atoms with van der Waals surface area (Å²) in [6, 6.07) is 12.7. The van der Waals surface area contributed by atoms with E-state index >= 15 is 0 Å². The molecule has 4 heteroatoms. The van der Waals surface area contributed by atoms with E-state index in [0.717, 1.165) is 37.5 Å². The van der Waals surface area contributed by atoms with E-state index in [2.05, 4.69) is 58.4 Å². The molecule has 0 radical (unpaired) electrons.